The van der Waals surface area contributed by atoms with Crippen molar-refractivity contribution in [1.29, 1.82) is 0 Å². The molecule has 0 radical (unpaired) electrons. The first-order valence-electron chi connectivity index (χ1n) is 12.6. The lowest BCUT2D eigenvalue weighted by atomic mass is 10.00. The fourth-order valence-electron chi connectivity index (χ4n) is 5.43. The number of hydrogen-bond donors (Lipinski definition) is 3. The second kappa shape index (κ2) is 10.7. The van der Waals surface area contributed by atoms with Crippen LogP contribution in [0.4, 0.5) is 21.7 Å². The van der Waals surface area contributed by atoms with Crippen LogP contribution in [-0.2, 0) is 27.3 Å². The highest BCUT2D eigenvalue weighted by molar-refractivity contribution is 7.80. The molecule has 2 aromatic heterocycles. The number of aryl methyl sites for hydroxylation is 1. The zero-order chi connectivity index (χ0) is 27.8. The van der Waals surface area contributed by atoms with Crippen LogP contribution < -0.4 is 14.9 Å². The van der Waals surface area contributed by atoms with Crippen LogP contribution in [0.25, 0.3) is 10.8 Å². The van der Waals surface area contributed by atoms with Crippen LogP contribution in [0.2, 0.25) is 0 Å². The highest BCUT2D eigenvalue weighted by Gasteiger charge is 2.44. The van der Waals surface area contributed by atoms with E-state index in [1.807, 2.05) is 0 Å². The fraction of sp³-hybridized carbons (Fsp3) is 0.385. The Labute approximate surface area is 226 Å². The van der Waals surface area contributed by atoms with Crippen LogP contribution in [0.3, 0.4) is 0 Å². The smallest absolute Gasteiger partial charge is 0.326 e. The Kier molecular flexibility index (Phi) is 7.36. The first-order chi connectivity index (χ1) is 18.7. The number of amides is 1. The third-order valence-electron chi connectivity index (χ3n) is 7.34. The molecule has 206 valence electrons. The summed E-state index contributed by atoms with van der Waals surface area (Å²) in [5, 5.41) is 10.6. The monoisotopic (exact) mass is 556 g/mol. The number of fused-ring (bicyclic) bond motifs is 1. The number of anilines is 3. The average molecular weight is 557 g/mol. The topological polar surface area (TPSA) is 153 Å². The van der Waals surface area contributed by atoms with E-state index in [-0.39, 0.29) is 41.8 Å². The Bertz CT molecular complexity index is 1450. The average Bonchev–Trinajstić information content (AvgIpc) is 3.55. The van der Waals surface area contributed by atoms with Gasteiger partial charge in [-0.25, -0.2) is 23.4 Å². The van der Waals surface area contributed by atoms with Gasteiger partial charge in [-0.15, -0.1) is 0 Å². The van der Waals surface area contributed by atoms with Crippen molar-refractivity contribution >= 4 is 51.2 Å². The Morgan fingerprint density at radius 2 is 1.97 bits per heavy atom. The lowest BCUT2D eigenvalue weighted by molar-refractivity contribution is -0.148. The summed E-state index contributed by atoms with van der Waals surface area (Å²) >= 11 is -2.57. The van der Waals surface area contributed by atoms with Gasteiger partial charge in [-0.1, -0.05) is 12.1 Å². The lowest BCUT2D eigenvalue weighted by Crippen LogP contribution is -2.48. The summed E-state index contributed by atoms with van der Waals surface area (Å²) in [4.78, 5) is 37.5. The highest BCUT2D eigenvalue weighted by Crippen LogP contribution is 2.31. The van der Waals surface area contributed by atoms with Crippen molar-refractivity contribution in [2.75, 3.05) is 34.6 Å². The molecule has 2 saturated heterocycles. The summed E-state index contributed by atoms with van der Waals surface area (Å²) in [5.74, 6) is -1.64. The number of carboxylic acids is 1. The summed E-state index contributed by atoms with van der Waals surface area (Å²) < 4.78 is 38.9. The van der Waals surface area contributed by atoms with Gasteiger partial charge in [0.15, 0.2) is 0 Å². The van der Waals surface area contributed by atoms with E-state index in [0.717, 1.165) is 41.0 Å². The van der Waals surface area contributed by atoms with Gasteiger partial charge in [-0.05, 0) is 49.9 Å². The van der Waals surface area contributed by atoms with Crippen molar-refractivity contribution < 1.29 is 27.8 Å². The maximum atomic E-state index is 15.4. The molecular formula is C26H29FN6O5S. The number of rotatable bonds is 8. The molecule has 1 amide bonds. The van der Waals surface area contributed by atoms with Gasteiger partial charge >= 0.3 is 5.97 Å². The second-order valence-electron chi connectivity index (χ2n) is 9.80. The number of halogens is 1. The molecule has 4 N–H and O–H groups in total. The summed E-state index contributed by atoms with van der Waals surface area (Å²) in [6.07, 6.45) is 3.41. The van der Waals surface area contributed by atoms with E-state index in [0.29, 0.717) is 11.1 Å². The number of aliphatic carboxylic acids is 1. The van der Waals surface area contributed by atoms with Crippen LogP contribution in [0.5, 0.6) is 0 Å². The number of carbonyl (C=O) groups is 2. The summed E-state index contributed by atoms with van der Waals surface area (Å²) in [6, 6.07) is 5.48. The Morgan fingerprint density at radius 3 is 2.62 bits per heavy atom. The van der Waals surface area contributed by atoms with E-state index in [9.17, 15) is 23.5 Å². The molecule has 5 rings (SSSR count). The third-order valence-corrected chi connectivity index (χ3v) is 8.14. The van der Waals surface area contributed by atoms with Gasteiger partial charge in [0.05, 0.1) is 11.9 Å². The molecule has 11 nitrogen and oxygen atoms in total. The van der Waals surface area contributed by atoms with E-state index < -0.39 is 41.0 Å². The minimum absolute atomic E-state index is 0.0264. The minimum Gasteiger partial charge on any atom is -0.480 e. The number of nitrogens with two attached hydrogens (primary N) is 1. The number of nitrogen functional groups attached to an aromatic ring is 1. The Morgan fingerprint density at radius 1 is 1.23 bits per heavy atom. The van der Waals surface area contributed by atoms with Gasteiger partial charge < -0.3 is 20.6 Å². The van der Waals surface area contributed by atoms with Gasteiger partial charge in [-0.2, -0.15) is 0 Å². The molecule has 0 bridgehead atoms. The van der Waals surface area contributed by atoms with Crippen molar-refractivity contribution in [3.8, 4) is 0 Å². The van der Waals surface area contributed by atoms with Crippen molar-refractivity contribution in [1.82, 2.24) is 14.9 Å². The third kappa shape index (κ3) is 5.11. The number of aromatic nitrogens is 2. The summed E-state index contributed by atoms with van der Waals surface area (Å²) in [7, 11) is 0. The van der Waals surface area contributed by atoms with Crippen LogP contribution in [-0.4, -0.2) is 72.3 Å². The van der Waals surface area contributed by atoms with Gasteiger partial charge in [0.1, 0.15) is 29.5 Å². The van der Waals surface area contributed by atoms with Gasteiger partial charge in [0, 0.05) is 42.5 Å². The maximum Gasteiger partial charge on any atom is 0.326 e. The molecule has 1 unspecified atom stereocenters. The van der Waals surface area contributed by atoms with Crippen LogP contribution >= 0.6 is 0 Å². The molecule has 39 heavy (non-hydrogen) atoms. The summed E-state index contributed by atoms with van der Waals surface area (Å²) in [6.45, 7) is 3.47. The molecule has 0 saturated carbocycles. The highest BCUT2D eigenvalue weighted by atomic mass is 32.2. The number of carbonyl (C=O) groups excluding carboxylic acids is 1. The molecule has 13 heteroatoms. The van der Waals surface area contributed by atoms with E-state index in [1.165, 1.54) is 18.3 Å². The molecule has 0 aliphatic carbocycles. The lowest BCUT2D eigenvalue weighted by Gasteiger charge is -2.28. The Balaban J connectivity index is 1.39. The molecule has 2 aliphatic heterocycles. The van der Waals surface area contributed by atoms with E-state index in [4.69, 9.17) is 5.73 Å². The number of likely N-dealkylation sites (tertiary alicyclic amines) is 1. The predicted molar refractivity (Wildman–Crippen MR) is 145 cm³/mol. The molecule has 1 aromatic carbocycles. The minimum atomic E-state index is -2.57. The SMILES string of the molecule is Cc1cc2c(F)c(C[C@H](C(=O)O)N3CC[C@H](N(c4ccc(N5CCCC5)nc4)S(=O)O)C3=O)ccc2c(N)n1. The largest absolute Gasteiger partial charge is 0.480 e. The van der Waals surface area contributed by atoms with Crippen LogP contribution in [0.1, 0.15) is 30.5 Å². The van der Waals surface area contributed by atoms with Crippen LogP contribution in [0.15, 0.2) is 36.5 Å². The molecule has 2 fully saturated rings. The Hall–Kier alpha value is -3.84. The van der Waals surface area contributed by atoms with Gasteiger partial charge in [-0.3, -0.25) is 13.7 Å². The second-order valence-corrected chi connectivity index (χ2v) is 10.7. The van der Waals surface area contributed by atoms with Crippen molar-refractivity contribution in [3.05, 3.63) is 53.6 Å². The predicted octanol–water partition coefficient (Wildman–Crippen LogP) is 2.50. The number of benzene rings is 1. The van der Waals surface area contributed by atoms with Gasteiger partial charge in [0.2, 0.25) is 5.91 Å². The van der Waals surface area contributed by atoms with E-state index in [2.05, 4.69) is 14.9 Å². The molecule has 4 heterocycles. The van der Waals surface area contributed by atoms with Crippen LogP contribution in [0, 0.1) is 12.7 Å². The van der Waals surface area contributed by atoms with E-state index in [1.54, 1.807) is 25.1 Å². The summed E-state index contributed by atoms with van der Waals surface area (Å²) in [5.41, 5.74) is 6.82. The molecule has 2 aliphatic rings. The molecule has 3 atom stereocenters. The van der Waals surface area contributed by atoms with Crippen molar-refractivity contribution in [3.63, 3.8) is 0 Å². The van der Waals surface area contributed by atoms with E-state index >= 15 is 4.39 Å². The fourth-order valence-corrected chi connectivity index (χ4v) is 6.13. The number of hydrogen-bond acceptors (Lipinski definition) is 7. The first-order valence-corrected chi connectivity index (χ1v) is 13.7. The zero-order valence-corrected chi connectivity index (χ0v) is 22.1. The zero-order valence-electron chi connectivity index (χ0n) is 21.3. The van der Waals surface area contributed by atoms with Gasteiger partial charge in [0.25, 0.3) is 11.3 Å². The normalized spacial score (nSPS) is 19.1. The number of nitrogens with zero attached hydrogens (tertiary/aromatic N) is 5. The number of carboxylic acid groups (broad SMARTS) is 1. The quantitative estimate of drug-likeness (QED) is 0.355. The standard InChI is InChI=1S/C26H29FN6O5S/c1-15-12-19-18(24(28)30-15)6-4-16(23(19)27)13-21(26(35)36)32-11-8-20(25(32)34)33(39(37)38)17-5-7-22(29-14-17)31-9-2-3-10-31/h4-7,12,14,20-21H,2-3,8-11,13H2,1H3,(H2,28,30)(H,35,36)(H,37,38)/t20-,21+/m0/s1. The van der Waals surface area contributed by atoms with Crippen molar-refractivity contribution in [2.24, 2.45) is 0 Å². The molecule has 0 spiro atoms. The molecule has 3 aromatic rings. The number of pyridine rings is 2. The first kappa shape index (κ1) is 26.8. The molecular weight excluding hydrogens is 527 g/mol. The van der Waals surface area contributed by atoms with Crippen molar-refractivity contribution in [2.45, 2.75) is 44.7 Å². The maximum absolute atomic E-state index is 15.4.